The molecule has 0 amide bonds. The summed E-state index contributed by atoms with van der Waals surface area (Å²) in [6.07, 6.45) is 4.55. The van der Waals surface area contributed by atoms with E-state index in [1.165, 1.54) is 22.9 Å². The van der Waals surface area contributed by atoms with E-state index in [2.05, 4.69) is 9.36 Å². The van der Waals surface area contributed by atoms with Crippen LogP contribution in [-0.2, 0) is 0 Å². The summed E-state index contributed by atoms with van der Waals surface area (Å²) in [4.78, 5) is 17.6. The second kappa shape index (κ2) is 3.50. The van der Waals surface area contributed by atoms with Crippen molar-refractivity contribution >= 4 is 34.1 Å². The molecule has 0 aromatic carbocycles. The predicted molar refractivity (Wildman–Crippen MR) is 64.3 cm³/mol. The molecule has 0 aliphatic heterocycles. The van der Waals surface area contributed by atoms with Crippen LogP contribution in [0.15, 0.2) is 18.5 Å². The summed E-state index contributed by atoms with van der Waals surface area (Å²) in [6.45, 7) is 1.96. The van der Waals surface area contributed by atoms with Gasteiger partial charge in [0.2, 0.25) is 0 Å². The van der Waals surface area contributed by atoms with E-state index in [1.54, 1.807) is 6.20 Å². The van der Waals surface area contributed by atoms with Crippen LogP contribution in [0.4, 0.5) is 0 Å². The molecular weight excluding hydrogens is 242 g/mol. The van der Waals surface area contributed by atoms with Gasteiger partial charge in [-0.1, -0.05) is 11.3 Å². The third-order valence-corrected chi connectivity index (χ3v) is 4.00. The van der Waals surface area contributed by atoms with Gasteiger partial charge in [-0.15, -0.1) is 0 Å². The number of hydrogen-bond acceptors (Lipinski definition) is 5. The minimum absolute atomic E-state index is 0.689. The van der Waals surface area contributed by atoms with Crippen LogP contribution in [0, 0.1) is 6.92 Å². The van der Waals surface area contributed by atoms with Crippen LogP contribution in [0.3, 0.4) is 0 Å². The molecule has 4 nitrogen and oxygen atoms in total. The van der Waals surface area contributed by atoms with Gasteiger partial charge in [0.1, 0.15) is 5.69 Å². The summed E-state index contributed by atoms with van der Waals surface area (Å²) in [6, 6.07) is 2.01. The van der Waals surface area contributed by atoms with Crippen molar-refractivity contribution in [3.8, 4) is 10.6 Å². The number of aldehydes is 1. The van der Waals surface area contributed by atoms with Gasteiger partial charge in [-0.05, 0) is 24.5 Å². The summed E-state index contributed by atoms with van der Waals surface area (Å²) in [5.74, 6) is 0. The van der Waals surface area contributed by atoms with Gasteiger partial charge in [-0.2, -0.15) is 4.37 Å². The van der Waals surface area contributed by atoms with E-state index >= 15 is 0 Å². The number of carbonyl (C=O) groups excluding carboxylic acids is 1. The van der Waals surface area contributed by atoms with Crippen LogP contribution in [0.1, 0.15) is 15.4 Å². The third kappa shape index (κ3) is 1.46. The van der Waals surface area contributed by atoms with E-state index < -0.39 is 0 Å². The van der Waals surface area contributed by atoms with Crippen molar-refractivity contribution in [2.24, 2.45) is 0 Å². The molecule has 0 spiro atoms. The van der Waals surface area contributed by atoms with Crippen molar-refractivity contribution in [1.29, 1.82) is 0 Å². The minimum Gasteiger partial charge on any atom is -0.297 e. The molecule has 3 aromatic heterocycles. The van der Waals surface area contributed by atoms with Gasteiger partial charge in [0, 0.05) is 12.4 Å². The van der Waals surface area contributed by atoms with Crippen molar-refractivity contribution in [2.75, 3.05) is 0 Å². The molecule has 0 radical (unpaired) electrons. The zero-order chi connectivity index (χ0) is 11.1. The second-order valence-corrected chi connectivity index (χ2v) is 5.25. The SMILES string of the molecule is Cc1cc(-c2cn3cc(C=O)sc3n2)sn1. The van der Waals surface area contributed by atoms with Crippen molar-refractivity contribution in [2.45, 2.75) is 6.92 Å². The summed E-state index contributed by atoms with van der Waals surface area (Å²) in [5.41, 5.74) is 1.92. The molecule has 3 aromatic rings. The number of nitrogens with zero attached hydrogens (tertiary/aromatic N) is 3. The maximum atomic E-state index is 10.6. The first-order chi connectivity index (χ1) is 7.76. The fourth-order valence-corrected chi connectivity index (χ4v) is 2.96. The smallest absolute Gasteiger partial charge is 0.194 e. The molecule has 0 aliphatic carbocycles. The van der Waals surface area contributed by atoms with E-state index in [9.17, 15) is 4.79 Å². The average Bonchev–Trinajstić information content (AvgIpc) is 2.89. The molecule has 0 aliphatic rings. The average molecular weight is 249 g/mol. The Morgan fingerprint density at radius 1 is 1.44 bits per heavy atom. The highest BCUT2D eigenvalue weighted by Crippen LogP contribution is 2.26. The van der Waals surface area contributed by atoms with Crippen molar-refractivity contribution in [3.63, 3.8) is 0 Å². The van der Waals surface area contributed by atoms with Crippen LogP contribution in [-0.4, -0.2) is 20.0 Å². The van der Waals surface area contributed by atoms with Crippen LogP contribution in [0.2, 0.25) is 0 Å². The lowest BCUT2D eigenvalue weighted by molar-refractivity contribution is 0.112. The molecule has 0 unspecified atom stereocenters. The monoisotopic (exact) mass is 249 g/mol. The van der Waals surface area contributed by atoms with Crippen LogP contribution in [0.5, 0.6) is 0 Å². The van der Waals surface area contributed by atoms with Gasteiger partial charge in [0.05, 0.1) is 15.4 Å². The Kier molecular flexibility index (Phi) is 2.12. The minimum atomic E-state index is 0.689. The Bertz CT molecular complexity index is 633. The quantitative estimate of drug-likeness (QED) is 0.656. The van der Waals surface area contributed by atoms with Gasteiger partial charge in [-0.25, -0.2) is 4.98 Å². The van der Waals surface area contributed by atoms with E-state index in [-0.39, 0.29) is 0 Å². The molecule has 16 heavy (non-hydrogen) atoms. The van der Waals surface area contributed by atoms with Crippen LogP contribution in [0.25, 0.3) is 15.5 Å². The van der Waals surface area contributed by atoms with Crippen LogP contribution < -0.4 is 0 Å². The molecule has 0 saturated carbocycles. The molecule has 0 fully saturated rings. The molecule has 80 valence electrons. The van der Waals surface area contributed by atoms with E-state index in [1.807, 2.05) is 23.6 Å². The molecule has 0 atom stereocenters. The lowest BCUT2D eigenvalue weighted by atomic mass is 10.3. The predicted octanol–water partition coefficient (Wildman–Crippen LogP) is 2.64. The molecule has 3 heterocycles. The van der Waals surface area contributed by atoms with E-state index in [0.717, 1.165) is 27.5 Å². The van der Waals surface area contributed by atoms with E-state index in [4.69, 9.17) is 0 Å². The van der Waals surface area contributed by atoms with E-state index in [0.29, 0.717) is 4.88 Å². The number of rotatable bonds is 2. The second-order valence-electron chi connectivity index (χ2n) is 3.40. The Morgan fingerprint density at radius 3 is 2.94 bits per heavy atom. The number of hydrogen-bond donors (Lipinski definition) is 0. The summed E-state index contributed by atoms with van der Waals surface area (Å²) < 4.78 is 6.09. The summed E-state index contributed by atoms with van der Waals surface area (Å²) >= 11 is 2.83. The van der Waals surface area contributed by atoms with Crippen molar-refractivity contribution < 1.29 is 4.79 Å². The van der Waals surface area contributed by atoms with Gasteiger partial charge in [0.25, 0.3) is 0 Å². The first kappa shape index (κ1) is 9.68. The van der Waals surface area contributed by atoms with Crippen molar-refractivity contribution in [3.05, 3.63) is 29.0 Å². The molecular formula is C10H7N3OS2. The number of aromatic nitrogens is 3. The number of fused-ring (bicyclic) bond motifs is 1. The molecule has 6 heteroatoms. The number of aryl methyl sites for hydroxylation is 1. The Hall–Kier alpha value is -1.53. The first-order valence-corrected chi connectivity index (χ1v) is 6.22. The maximum Gasteiger partial charge on any atom is 0.194 e. The highest BCUT2D eigenvalue weighted by atomic mass is 32.1. The number of imidazole rings is 1. The van der Waals surface area contributed by atoms with Crippen molar-refractivity contribution in [1.82, 2.24) is 13.8 Å². The normalized spacial score (nSPS) is 11.1. The Morgan fingerprint density at radius 2 is 2.31 bits per heavy atom. The summed E-state index contributed by atoms with van der Waals surface area (Å²) in [5, 5.41) is 0. The zero-order valence-corrected chi connectivity index (χ0v) is 10.0. The summed E-state index contributed by atoms with van der Waals surface area (Å²) in [7, 11) is 0. The first-order valence-electron chi connectivity index (χ1n) is 4.63. The van der Waals surface area contributed by atoms with Gasteiger partial charge in [-0.3, -0.25) is 9.20 Å². The standard InChI is InChI=1S/C10H7N3OS2/c1-6-2-9(16-12-6)8-4-13-3-7(5-14)15-10(13)11-8/h2-5H,1H3. The highest BCUT2D eigenvalue weighted by molar-refractivity contribution is 7.18. The topological polar surface area (TPSA) is 47.3 Å². The third-order valence-electron chi connectivity index (χ3n) is 2.17. The van der Waals surface area contributed by atoms with Gasteiger partial charge >= 0.3 is 0 Å². The fourth-order valence-electron chi connectivity index (χ4n) is 1.47. The molecule has 0 saturated heterocycles. The van der Waals surface area contributed by atoms with Gasteiger partial charge < -0.3 is 0 Å². The Labute approximate surface area is 99.4 Å². The number of carbonyl (C=O) groups is 1. The lowest BCUT2D eigenvalue weighted by Crippen LogP contribution is -1.73. The fraction of sp³-hybridized carbons (Fsp3) is 0.100. The molecule has 0 N–H and O–H groups in total. The highest BCUT2D eigenvalue weighted by Gasteiger charge is 2.09. The molecule has 3 rings (SSSR count). The zero-order valence-electron chi connectivity index (χ0n) is 8.38. The lowest BCUT2D eigenvalue weighted by Gasteiger charge is -1.84. The van der Waals surface area contributed by atoms with Gasteiger partial charge in [0.15, 0.2) is 11.2 Å². The number of thiazole rings is 1. The largest absolute Gasteiger partial charge is 0.297 e. The Balaban J connectivity index is 2.12. The van der Waals surface area contributed by atoms with Crippen LogP contribution >= 0.6 is 22.9 Å². The molecule has 0 bridgehead atoms. The maximum absolute atomic E-state index is 10.6.